The normalized spacial score (nSPS) is 14.8. The molecule has 0 saturated carbocycles. The van der Waals surface area contributed by atoms with E-state index in [4.69, 9.17) is 0 Å². The van der Waals surface area contributed by atoms with Crippen molar-refractivity contribution in [2.45, 2.75) is 29.1 Å². The van der Waals surface area contributed by atoms with Crippen molar-refractivity contribution in [3.05, 3.63) is 168 Å². The van der Waals surface area contributed by atoms with Gasteiger partial charge in [0.05, 0.1) is 31.9 Å². The lowest BCUT2D eigenvalue weighted by atomic mass is 9.76. The quantitative estimate of drug-likeness (QED) is 0.181. The Morgan fingerprint density at radius 1 is 0.491 bits per heavy atom. The van der Waals surface area contributed by atoms with Crippen LogP contribution in [-0.2, 0) is 15.3 Å². The first kappa shape index (κ1) is 31.2. The topological polar surface area (TPSA) is 43.5 Å². The largest absolute Gasteiger partial charge is 0.309 e. The molecule has 4 aromatic heterocycles. The molecular formula is C49H32N2O2S2. The standard InChI is InChI=1S/C49H32N2O2S2/c1-49(2)40-27-31(29-10-9-11-30(24-29)32-25-38-36-14-5-8-17-44(36)51-47(38)39(26-32)37-22-23-54-48(37)51)18-20-45(40)55(52,53)46-21-19-33(28-41(46)49)50-42-15-6-3-12-34(42)35-13-4-7-16-43(35)50/h3-28H,1-2H3. The van der Waals surface area contributed by atoms with Gasteiger partial charge >= 0.3 is 0 Å². The first-order chi connectivity index (χ1) is 26.8. The second-order valence-electron chi connectivity index (χ2n) is 15.4. The van der Waals surface area contributed by atoms with Crippen molar-refractivity contribution in [3.8, 4) is 27.9 Å². The number of benzene rings is 7. The molecule has 0 radical (unpaired) electrons. The molecule has 7 aromatic carbocycles. The number of thiophene rings is 1. The molecule has 0 N–H and O–H groups in total. The second-order valence-corrected chi connectivity index (χ2v) is 18.2. The average Bonchev–Trinajstić information content (AvgIpc) is 3.98. The van der Waals surface area contributed by atoms with Gasteiger partial charge in [-0.3, -0.25) is 4.40 Å². The van der Waals surface area contributed by atoms with Crippen molar-refractivity contribution in [2.75, 3.05) is 0 Å². The molecule has 11 aromatic rings. The smallest absolute Gasteiger partial charge is 0.207 e. The maximum atomic E-state index is 14.4. The Kier molecular flexibility index (Phi) is 6.08. The summed E-state index contributed by atoms with van der Waals surface area (Å²) < 4.78 is 33.5. The lowest BCUT2D eigenvalue weighted by molar-refractivity contribution is 0.555. The van der Waals surface area contributed by atoms with E-state index in [0.717, 1.165) is 44.5 Å². The molecule has 6 heteroatoms. The van der Waals surface area contributed by atoms with Gasteiger partial charge in [-0.2, -0.15) is 0 Å². The monoisotopic (exact) mass is 744 g/mol. The molecule has 0 saturated heterocycles. The third kappa shape index (κ3) is 4.08. The lowest BCUT2D eigenvalue weighted by Gasteiger charge is -2.35. The number of nitrogens with zero attached hydrogens (tertiary/aromatic N) is 2. The van der Waals surface area contributed by atoms with E-state index in [0.29, 0.717) is 9.79 Å². The van der Waals surface area contributed by atoms with Crippen LogP contribution in [0.3, 0.4) is 0 Å². The molecule has 0 amide bonds. The van der Waals surface area contributed by atoms with E-state index in [1.165, 1.54) is 53.7 Å². The Morgan fingerprint density at radius 3 is 1.76 bits per heavy atom. The van der Waals surface area contributed by atoms with Crippen LogP contribution in [0.4, 0.5) is 0 Å². The van der Waals surface area contributed by atoms with E-state index in [9.17, 15) is 8.42 Å². The summed E-state index contributed by atoms with van der Waals surface area (Å²) in [6.45, 7) is 4.31. The zero-order chi connectivity index (χ0) is 36.8. The summed E-state index contributed by atoms with van der Waals surface area (Å²) in [5, 5.41) is 9.60. The fraction of sp³-hybridized carbons (Fsp3) is 0.0612. The van der Waals surface area contributed by atoms with E-state index in [1.807, 2.05) is 24.3 Å². The maximum absolute atomic E-state index is 14.4. The third-order valence-corrected chi connectivity index (χ3v) is 14.9. The van der Waals surface area contributed by atoms with E-state index >= 15 is 0 Å². The molecule has 0 aliphatic carbocycles. The van der Waals surface area contributed by atoms with Crippen molar-refractivity contribution in [1.29, 1.82) is 0 Å². The number of hydrogen-bond acceptors (Lipinski definition) is 3. The molecule has 12 rings (SSSR count). The Bertz CT molecular complexity index is 3490. The fourth-order valence-corrected chi connectivity index (χ4v) is 12.4. The van der Waals surface area contributed by atoms with Crippen LogP contribution in [0.1, 0.15) is 25.0 Å². The van der Waals surface area contributed by atoms with Crippen molar-refractivity contribution in [1.82, 2.24) is 8.97 Å². The highest BCUT2D eigenvalue weighted by Gasteiger charge is 2.41. The molecule has 55 heavy (non-hydrogen) atoms. The van der Waals surface area contributed by atoms with Crippen LogP contribution in [0.25, 0.3) is 87.2 Å². The number of rotatable bonds is 3. The highest BCUT2D eigenvalue weighted by molar-refractivity contribution is 7.91. The predicted molar refractivity (Wildman–Crippen MR) is 228 cm³/mol. The predicted octanol–water partition coefficient (Wildman–Crippen LogP) is 12.8. The van der Waals surface area contributed by atoms with Gasteiger partial charge in [-0.05, 0) is 112 Å². The van der Waals surface area contributed by atoms with Crippen molar-refractivity contribution >= 4 is 80.4 Å². The summed E-state index contributed by atoms with van der Waals surface area (Å²) in [4.78, 5) is 2.04. The van der Waals surface area contributed by atoms with Crippen LogP contribution in [0, 0.1) is 0 Å². The summed E-state index contributed by atoms with van der Waals surface area (Å²) in [5.74, 6) is 0. The molecule has 5 heterocycles. The van der Waals surface area contributed by atoms with E-state index in [-0.39, 0.29) is 0 Å². The molecule has 262 valence electrons. The molecule has 1 aliphatic rings. The van der Waals surface area contributed by atoms with Crippen LogP contribution in [-0.4, -0.2) is 17.4 Å². The number of hydrogen-bond donors (Lipinski definition) is 0. The summed E-state index contributed by atoms with van der Waals surface area (Å²) >= 11 is 1.79. The Balaban J connectivity index is 1.00. The van der Waals surface area contributed by atoms with Gasteiger partial charge in [-0.25, -0.2) is 8.42 Å². The number of para-hydroxylation sites is 3. The number of fused-ring (bicyclic) bond motifs is 11. The van der Waals surface area contributed by atoms with Crippen molar-refractivity contribution in [2.24, 2.45) is 0 Å². The van der Waals surface area contributed by atoms with Gasteiger partial charge < -0.3 is 4.57 Å². The zero-order valence-electron chi connectivity index (χ0n) is 30.0. The minimum atomic E-state index is -3.76. The number of aromatic nitrogens is 2. The SMILES string of the molecule is CC1(C)c2cc(-c3cccc(-c4cc5c6ccccc6n6c7sccc7c(c4)c56)c3)ccc2S(=O)(=O)c2ccc(-n3c4ccccc4c4ccccc43)cc21. The minimum absolute atomic E-state index is 0.378. The van der Waals surface area contributed by atoms with Gasteiger partial charge in [-0.1, -0.05) is 92.7 Å². The summed E-state index contributed by atoms with van der Waals surface area (Å²) in [5.41, 5.74) is 11.0. The Labute approximate surface area is 321 Å². The van der Waals surface area contributed by atoms with E-state index < -0.39 is 15.3 Å². The molecule has 0 atom stereocenters. The molecular weight excluding hydrogens is 713 g/mol. The van der Waals surface area contributed by atoms with Crippen LogP contribution >= 0.6 is 11.3 Å². The third-order valence-electron chi connectivity index (χ3n) is 12.1. The molecule has 1 aliphatic heterocycles. The summed E-state index contributed by atoms with van der Waals surface area (Å²) in [7, 11) is -3.76. The van der Waals surface area contributed by atoms with E-state index in [1.54, 1.807) is 11.3 Å². The van der Waals surface area contributed by atoms with Gasteiger partial charge in [0.25, 0.3) is 0 Å². The zero-order valence-corrected chi connectivity index (χ0v) is 31.7. The Hall–Kier alpha value is -6.21. The molecule has 0 bridgehead atoms. The van der Waals surface area contributed by atoms with Gasteiger partial charge in [0.1, 0.15) is 4.83 Å². The maximum Gasteiger partial charge on any atom is 0.207 e. The first-order valence-electron chi connectivity index (χ1n) is 18.6. The van der Waals surface area contributed by atoms with Crippen LogP contribution in [0.15, 0.2) is 167 Å². The fourth-order valence-electron chi connectivity index (χ4n) is 9.51. The summed E-state index contributed by atoms with van der Waals surface area (Å²) in [6.07, 6.45) is 0. The minimum Gasteiger partial charge on any atom is -0.309 e. The van der Waals surface area contributed by atoms with Crippen molar-refractivity contribution < 1.29 is 8.42 Å². The van der Waals surface area contributed by atoms with Gasteiger partial charge in [-0.15, -0.1) is 11.3 Å². The van der Waals surface area contributed by atoms with E-state index in [2.05, 4.69) is 156 Å². The molecule has 4 nitrogen and oxygen atoms in total. The lowest BCUT2D eigenvalue weighted by Crippen LogP contribution is -2.30. The van der Waals surface area contributed by atoms with Crippen LogP contribution in [0.2, 0.25) is 0 Å². The Morgan fingerprint density at radius 2 is 1.05 bits per heavy atom. The number of sulfone groups is 1. The van der Waals surface area contributed by atoms with Gasteiger partial charge in [0.2, 0.25) is 9.84 Å². The van der Waals surface area contributed by atoms with Crippen molar-refractivity contribution in [3.63, 3.8) is 0 Å². The molecule has 0 unspecified atom stereocenters. The molecule has 0 fully saturated rings. The van der Waals surface area contributed by atoms with Gasteiger partial charge in [0, 0.05) is 43.4 Å². The molecule has 0 spiro atoms. The first-order valence-corrected chi connectivity index (χ1v) is 20.9. The van der Waals surface area contributed by atoms with Gasteiger partial charge in [0.15, 0.2) is 0 Å². The highest BCUT2D eigenvalue weighted by Crippen LogP contribution is 2.49. The van der Waals surface area contributed by atoms with Crippen LogP contribution in [0.5, 0.6) is 0 Å². The second kappa shape index (κ2) is 10.7. The summed E-state index contributed by atoms with van der Waals surface area (Å²) in [6, 6.07) is 52.8. The highest BCUT2D eigenvalue weighted by atomic mass is 32.2. The average molecular weight is 745 g/mol. The van der Waals surface area contributed by atoms with Crippen LogP contribution < -0.4 is 0 Å².